The third-order valence-corrected chi connectivity index (χ3v) is 3.93. The van der Waals surface area contributed by atoms with E-state index in [4.69, 9.17) is 14.0 Å². The molecule has 0 radical (unpaired) electrons. The molecule has 2 aromatic rings. The molecular weight excluding hydrogens is 291 g/mol. The highest BCUT2D eigenvalue weighted by Crippen LogP contribution is 2.45. The molecule has 0 aliphatic rings. The second kappa shape index (κ2) is 7.16. The molecule has 0 saturated carbocycles. The van der Waals surface area contributed by atoms with Crippen molar-refractivity contribution in [2.75, 3.05) is 19.9 Å². The van der Waals surface area contributed by atoms with Gasteiger partial charge in [0, 0.05) is 0 Å². The van der Waals surface area contributed by atoms with Crippen LogP contribution in [0.3, 0.4) is 0 Å². The van der Waals surface area contributed by atoms with Gasteiger partial charge >= 0.3 is 7.60 Å². The lowest BCUT2D eigenvalue weighted by atomic mass is 10.3. The Labute approximate surface area is 123 Å². The van der Waals surface area contributed by atoms with Crippen LogP contribution in [0, 0.1) is 0 Å². The first-order valence-corrected chi connectivity index (χ1v) is 8.19. The highest BCUT2D eigenvalue weighted by atomic mass is 31.2. The lowest BCUT2D eigenvalue weighted by molar-refractivity contribution is 0.314. The van der Waals surface area contributed by atoms with Gasteiger partial charge in [0.25, 0.3) is 0 Å². The Morgan fingerprint density at radius 1 is 1.00 bits per heavy atom. The van der Waals surface area contributed by atoms with Gasteiger partial charge in [0.2, 0.25) is 0 Å². The molecule has 6 heteroatoms. The van der Waals surface area contributed by atoms with E-state index in [0.29, 0.717) is 11.5 Å². The predicted octanol–water partition coefficient (Wildman–Crippen LogP) is 3.34. The molecule has 2 aromatic carbocycles. The smallest absolute Gasteiger partial charge is 0.380 e. The first-order valence-electron chi connectivity index (χ1n) is 6.43. The molecule has 1 N–H and O–H groups in total. The number of ether oxygens (including phenoxy) is 2. The van der Waals surface area contributed by atoms with Crippen molar-refractivity contribution in [2.24, 2.45) is 0 Å². The van der Waals surface area contributed by atoms with Gasteiger partial charge in [-0.2, -0.15) is 0 Å². The van der Waals surface area contributed by atoms with Crippen molar-refractivity contribution in [1.29, 1.82) is 0 Å². The Kier molecular flexibility index (Phi) is 5.26. The number of benzene rings is 2. The summed E-state index contributed by atoms with van der Waals surface area (Å²) < 4.78 is 27.7. The molecule has 0 aliphatic heterocycles. The molecule has 2 rings (SSSR count). The summed E-state index contributed by atoms with van der Waals surface area (Å²) in [6.45, 7) is 0.0902. The van der Waals surface area contributed by atoms with Gasteiger partial charge in [0.05, 0.1) is 13.3 Å². The van der Waals surface area contributed by atoms with E-state index in [1.54, 1.807) is 36.4 Å². The van der Waals surface area contributed by atoms with Crippen LogP contribution in [0.5, 0.6) is 17.2 Å². The summed E-state index contributed by atoms with van der Waals surface area (Å²) in [6.07, 6.45) is -0.111. The summed E-state index contributed by atoms with van der Waals surface area (Å²) >= 11 is 0. The van der Waals surface area contributed by atoms with Crippen LogP contribution in [0.2, 0.25) is 0 Å². The van der Waals surface area contributed by atoms with Gasteiger partial charge in [-0.3, -0.25) is 0 Å². The molecule has 0 fully saturated rings. The minimum absolute atomic E-state index is 0.0902. The minimum atomic E-state index is -3.80. The van der Waals surface area contributed by atoms with Gasteiger partial charge in [-0.05, 0) is 24.3 Å². The lowest BCUT2D eigenvalue weighted by Crippen LogP contribution is -2.07. The molecule has 0 amide bonds. The van der Waals surface area contributed by atoms with E-state index < -0.39 is 7.60 Å². The summed E-state index contributed by atoms with van der Waals surface area (Å²) in [5, 5.41) is 0. The second-order valence-electron chi connectivity index (χ2n) is 4.26. The third-order valence-electron chi connectivity index (χ3n) is 2.70. The van der Waals surface area contributed by atoms with E-state index in [1.807, 2.05) is 18.2 Å². The third kappa shape index (κ3) is 4.81. The molecule has 1 atom stereocenters. The maximum absolute atomic E-state index is 12.0. The average molecular weight is 308 g/mol. The van der Waals surface area contributed by atoms with Gasteiger partial charge < -0.3 is 18.9 Å². The summed E-state index contributed by atoms with van der Waals surface area (Å²) in [5.74, 6) is 1.30. The molecule has 5 nitrogen and oxygen atoms in total. The molecule has 0 spiro atoms. The van der Waals surface area contributed by atoms with Gasteiger partial charge in [0.15, 0.2) is 11.5 Å². The van der Waals surface area contributed by atoms with Crippen LogP contribution in [0.15, 0.2) is 54.6 Å². The Hall–Kier alpha value is -1.97. The van der Waals surface area contributed by atoms with Gasteiger partial charge in [0.1, 0.15) is 12.4 Å². The number of rotatable bonds is 7. The summed E-state index contributed by atoms with van der Waals surface area (Å²) in [4.78, 5) is 9.86. The van der Waals surface area contributed by atoms with Crippen LogP contribution in [-0.4, -0.2) is 24.8 Å². The molecule has 0 aromatic heterocycles. The summed E-state index contributed by atoms with van der Waals surface area (Å²) in [5.41, 5.74) is 0. The van der Waals surface area contributed by atoms with E-state index in [2.05, 4.69) is 0 Å². The molecule has 0 bridgehead atoms. The Morgan fingerprint density at radius 3 is 2.29 bits per heavy atom. The first-order chi connectivity index (χ1) is 10.1. The van der Waals surface area contributed by atoms with E-state index in [-0.39, 0.29) is 18.5 Å². The number of hydrogen-bond donors (Lipinski definition) is 1. The zero-order valence-corrected chi connectivity index (χ0v) is 12.5. The Bertz CT molecular complexity index is 614. The van der Waals surface area contributed by atoms with Gasteiger partial charge in [-0.15, -0.1) is 0 Å². The number of hydrogen-bond acceptors (Lipinski definition) is 4. The van der Waals surface area contributed by atoms with Crippen molar-refractivity contribution in [1.82, 2.24) is 0 Å². The van der Waals surface area contributed by atoms with E-state index >= 15 is 0 Å². The van der Waals surface area contributed by atoms with Crippen molar-refractivity contribution in [3.05, 3.63) is 54.6 Å². The summed E-state index contributed by atoms with van der Waals surface area (Å²) in [6, 6.07) is 15.8. The fourth-order valence-corrected chi connectivity index (χ4v) is 2.56. The molecule has 0 saturated heterocycles. The maximum Gasteiger partial charge on any atom is 0.380 e. The predicted molar refractivity (Wildman–Crippen MR) is 80.3 cm³/mol. The zero-order valence-electron chi connectivity index (χ0n) is 11.6. The Balaban J connectivity index is 1.91. The van der Waals surface area contributed by atoms with Crippen LogP contribution in [0.1, 0.15) is 0 Å². The zero-order chi connectivity index (χ0) is 15.1. The first kappa shape index (κ1) is 15.4. The van der Waals surface area contributed by atoms with Crippen LogP contribution < -0.4 is 14.0 Å². The van der Waals surface area contributed by atoms with Crippen LogP contribution in [-0.2, 0) is 4.57 Å². The monoisotopic (exact) mass is 308 g/mol. The minimum Gasteiger partial charge on any atom is -0.493 e. The second-order valence-corrected chi connectivity index (χ2v) is 6.17. The normalized spacial score (nSPS) is 13.2. The van der Waals surface area contributed by atoms with Crippen molar-refractivity contribution < 1.29 is 23.5 Å². The van der Waals surface area contributed by atoms with Crippen molar-refractivity contribution in [3.8, 4) is 17.2 Å². The number of para-hydroxylation sites is 3. The van der Waals surface area contributed by atoms with E-state index in [9.17, 15) is 9.46 Å². The topological polar surface area (TPSA) is 65.0 Å². The fourth-order valence-electron chi connectivity index (χ4n) is 1.69. The fraction of sp³-hybridized carbons (Fsp3) is 0.200. The van der Waals surface area contributed by atoms with Crippen molar-refractivity contribution in [3.63, 3.8) is 0 Å². The lowest BCUT2D eigenvalue weighted by Gasteiger charge is -2.15. The van der Waals surface area contributed by atoms with Crippen LogP contribution in [0.25, 0.3) is 0 Å². The molecular formula is C15H17O5P. The number of methoxy groups -OCH3 is 1. The maximum atomic E-state index is 12.0. The van der Waals surface area contributed by atoms with Gasteiger partial charge in [-0.25, -0.2) is 4.57 Å². The van der Waals surface area contributed by atoms with Gasteiger partial charge in [-0.1, -0.05) is 30.3 Å². The molecule has 1 unspecified atom stereocenters. The average Bonchev–Trinajstić information content (AvgIpc) is 2.48. The van der Waals surface area contributed by atoms with Crippen molar-refractivity contribution >= 4 is 7.60 Å². The quantitative estimate of drug-likeness (QED) is 0.795. The van der Waals surface area contributed by atoms with E-state index in [0.717, 1.165) is 0 Å². The highest BCUT2D eigenvalue weighted by Gasteiger charge is 2.22. The summed E-state index contributed by atoms with van der Waals surface area (Å²) in [7, 11) is -2.32. The molecule has 112 valence electrons. The van der Waals surface area contributed by atoms with E-state index in [1.165, 1.54) is 7.11 Å². The Morgan fingerprint density at radius 2 is 1.62 bits per heavy atom. The van der Waals surface area contributed by atoms with Crippen molar-refractivity contribution in [2.45, 2.75) is 0 Å². The van der Waals surface area contributed by atoms with Crippen LogP contribution in [0.4, 0.5) is 0 Å². The SMILES string of the molecule is COc1ccccc1OP(=O)(O)CCOc1ccccc1. The standard InChI is InChI=1S/C15H17O5P/c1-18-14-9-5-6-10-15(14)20-21(16,17)12-11-19-13-7-3-2-4-8-13/h2-10H,11-12H2,1H3,(H,16,17). The molecule has 0 aliphatic carbocycles. The molecule has 21 heavy (non-hydrogen) atoms. The largest absolute Gasteiger partial charge is 0.493 e. The van der Waals surface area contributed by atoms with Crippen LogP contribution >= 0.6 is 7.60 Å². The highest BCUT2D eigenvalue weighted by molar-refractivity contribution is 7.53. The molecule has 0 heterocycles.